The average molecular weight is 1020 g/mol. The van der Waals surface area contributed by atoms with Gasteiger partial charge in [0.2, 0.25) is 17.7 Å². The Bertz CT molecular complexity index is 1080. The van der Waals surface area contributed by atoms with Crippen molar-refractivity contribution >= 4 is 76.5 Å². The number of carbonyl (C=O) groups excluding carboxylic acids is 3. The van der Waals surface area contributed by atoms with Gasteiger partial charge in [-0.2, -0.15) is 58.8 Å². The number of hydrogen-bond acceptors (Lipinski definition) is 14. The van der Waals surface area contributed by atoms with Gasteiger partial charge in [0, 0.05) is 111 Å². The summed E-state index contributed by atoms with van der Waals surface area (Å²) in [5, 5.41) is 0. The van der Waals surface area contributed by atoms with Gasteiger partial charge in [-0.15, -0.1) is 6.58 Å². The van der Waals surface area contributed by atoms with Crippen molar-refractivity contribution in [2.45, 2.75) is 98.3 Å². The van der Waals surface area contributed by atoms with E-state index >= 15 is 0 Å². The minimum atomic E-state index is 0.210. The second kappa shape index (κ2) is 53.0. The Morgan fingerprint density at radius 2 is 0.677 bits per heavy atom. The van der Waals surface area contributed by atoms with E-state index in [4.69, 9.17) is 28.4 Å². The van der Waals surface area contributed by atoms with Crippen molar-refractivity contribution < 1.29 is 42.8 Å². The zero-order valence-electron chi connectivity index (χ0n) is 41.4. The lowest BCUT2D eigenvalue weighted by Gasteiger charge is -2.22. The number of nitrogens with zero attached hydrogens (tertiary/aromatic N) is 3. The van der Waals surface area contributed by atoms with Crippen LogP contribution in [-0.4, -0.2) is 209 Å². The summed E-state index contributed by atoms with van der Waals surface area (Å²) in [6.45, 7) is 24.8. The van der Waals surface area contributed by atoms with E-state index in [-0.39, 0.29) is 17.7 Å². The summed E-state index contributed by atoms with van der Waals surface area (Å²) in [4.78, 5) is 44.3. The Morgan fingerprint density at radius 1 is 0.385 bits per heavy atom. The number of carbonyl (C=O) groups is 3. The minimum Gasteiger partial charge on any atom is -0.379 e. The van der Waals surface area contributed by atoms with Crippen molar-refractivity contribution in [1.82, 2.24) is 14.7 Å². The third-order valence-corrected chi connectivity index (χ3v) is 14.7. The summed E-state index contributed by atoms with van der Waals surface area (Å²) in [5.41, 5.74) is 0. The zero-order chi connectivity index (χ0) is 47.5. The molecular formula is C48H93N3O9S5. The van der Waals surface area contributed by atoms with Crippen molar-refractivity contribution in [1.29, 1.82) is 0 Å². The van der Waals surface area contributed by atoms with E-state index in [1.54, 1.807) is 41.4 Å². The molecule has 0 aliphatic rings. The van der Waals surface area contributed by atoms with Gasteiger partial charge in [-0.1, -0.05) is 46.1 Å². The summed E-state index contributed by atoms with van der Waals surface area (Å²) < 4.78 is 33.8. The molecule has 0 spiro atoms. The lowest BCUT2D eigenvalue weighted by Crippen LogP contribution is -2.33. The smallest absolute Gasteiger partial charge is 0.223 e. The van der Waals surface area contributed by atoms with Gasteiger partial charge in [0.1, 0.15) is 0 Å². The molecule has 0 aromatic carbocycles. The van der Waals surface area contributed by atoms with Crippen LogP contribution < -0.4 is 0 Å². The topological polar surface area (TPSA) is 116 Å². The Labute approximate surface area is 418 Å². The van der Waals surface area contributed by atoms with Gasteiger partial charge >= 0.3 is 0 Å². The maximum Gasteiger partial charge on any atom is 0.223 e. The van der Waals surface area contributed by atoms with Crippen molar-refractivity contribution in [2.75, 3.05) is 176 Å². The molecule has 12 nitrogen and oxygen atoms in total. The molecule has 0 N–H and O–H groups in total. The number of hydrogen-bond donors (Lipinski definition) is 0. The Kier molecular flexibility index (Phi) is 52.7. The van der Waals surface area contributed by atoms with Gasteiger partial charge in [0.05, 0.1) is 72.7 Å². The normalized spacial score (nSPS) is 11.3. The van der Waals surface area contributed by atoms with Crippen LogP contribution in [0.1, 0.15) is 98.3 Å². The van der Waals surface area contributed by atoms with Crippen LogP contribution in [0, 0.1) is 0 Å². The molecule has 0 saturated carbocycles. The highest BCUT2D eigenvalue weighted by atomic mass is 32.2. The first-order valence-corrected chi connectivity index (χ1v) is 30.5. The Morgan fingerprint density at radius 3 is 1.00 bits per heavy atom. The molecular weight excluding hydrogens is 923 g/mol. The van der Waals surface area contributed by atoms with Crippen LogP contribution in [0.25, 0.3) is 0 Å². The van der Waals surface area contributed by atoms with Crippen molar-refractivity contribution in [3.05, 3.63) is 12.7 Å². The van der Waals surface area contributed by atoms with Crippen LogP contribution in [0.5, 0.6) is 0 Å². The number of unbranched alkanes of at least 4 members (excludes halogenated alkanes) is 3. The molecule has 0 heterocycles. The van der Waals surface area contributed by atoms with Gasteiger partial charge in [0.25, 0.3) is 0 Å². The molecule has 3 amide bonds. The van der Waals surface area contributed by atoms with E-state index in [1.807, 2.05) is 35.3 Å². The number of rotatable bonds is 53. The SMILES string of the molecule is C=CCN(CCCC)C(=O)CCSCCOCCOCCSCCCN(CCCC)C(=O)CCSCCOCCOCCSCCCN(CCCC)C(=O)CCSCCOCCOCC. The molecule has 17 heteroatoms. The Hall–Kier alpha value is -0.340. The van der Waals surface area contributed by atoms with E-state index in [0.29, 0.717) is 98.5 Å². The number of ether oxygens (including phenoxy) is 6. The van der Waals surface area contributed by atoms with Crippen molar-refractivity contribution in [2.24, 2.45) is 0 Å². The fourth-order valence-electron chi connectivity index (χ4n) is 6.02. The molecule has 0 bridgehead atoms. The summed E-state index contributed by atoms with van der Waals surface area (Å²) in [6, 6.07) is 0. The van der Waals surface area contributed by atoms with E-state index in [2.05, 4.69) is 37.1 Å². The van der Waals surface area contributed by atoms with Crippen LogP contribution in [-0.2, 0) is 42.8 Å². The van der Waals surface area contributed by atoms with Gasteiger partial charge in [-0.05, 0) is 50.5 Å². The number of thioether (sulfide) groups is 5. The highest BCUT2D eigenvalue weighted by molar-refractivity contribution is 8.00. The summed E-state index contributed by atoms with van der Waals surface area (Å²) in [7, 11) is 0. The molecule has 0 atom stereocenters. The second-order valence-corrected chi connectivity index (χ2v) is 21.4. The maximum absolute atomic E-state index is 13.0. The van der Waals surface area contributed by atoms with E-state index in [9.17, 15) is 14.4 Å². The highest BCUT2D eigenvalue weighted by Gasteiger charge is 2.14. The largest absolute Gasteiger partial charge is 0.379 e. The molecule has 0 aromatic rings. The van der Waals surface area contributed by atoms with Crippen LogP contribution >= 0.6 is 58.8 Å². The van der Waals surface area contributed by atoms with Crippen LogP contribution in [0.2, 0.25) is 0 Å². The Balaban J connectivity index is 3.80. The van der Waals surface area contributed by atoms with Crippen molar-refractivity contribution in [3.63, 3.8) is 0 Å². The van der Waals surface area contributed by atoms with E-state index in [1.165, 1.54) is 0 Å². The van der Waals surface area contributed by atoms with Crippen LogP contribution in [0.15, 0.2) is 12.7 Å². The highest BCUT2D eigenvalue weighted by Crippen LogP contribution is 2.12. The van der Waals surface area contributed by atoms with Gasteiger partial charge in [-0.25, -0.2) is 0 Å². The third kappa shape index (κ3) is 44.6. The summed E-state index contributed by atoms with van der Waals surface area (Å²) in [6.07, 6.45) is 11.9. The van der Waals surface area contributed by atoms with Crippen LogP contribution in [0.3, 0.4) is 0 Å². The first kappa shape index (κ1) is 64.7. The second-order valence-electron chi connectivity index (χ2n) is 15.2. The third-order valence-electron chi connectivity index (χ3n) is 9.75. The summed E-state index contributed by atoms with van der Waals surface area (Å²) in [5.74, 6) is 9.80. The fraction of sp³-hybridized carbons (Fsp3) is 0.896. The molecule has 65 heavy (non-hydrogen) atoms. The first-order valence-electron chi connectivity index (χ1n) is 24.7. The lowest BCUT2D eigenvalue weighted by molar-refractivity contribution is -0.131. The molecule has 0 radical (unpaired) electrons. The monoisotopic (exact) mass is 1020 g/mol. The average Bonchev–Trinajstić information content (AvgIpc) is 3.31. The molecule has 0 aromatic heterocycles. The van der Waals surface area contributed by atoms with Crippen molar-refractivity contribution in [3.8, 4) is 0 Å². The quantitative estimate of drug-likeness (QED) is 0.0427. The molecule has 0 aliphatic carbocycles. The molecule has 0 rings (SSSR count). The zero-order valence-corrected chi connectivity index (χ0v) is 45.5. The molecule has 384 valence electrons. The lowest BCUT2D eigenvalue weighted by atomic mass is 10.2. The molecule has 0 aliphatic heterocycles. The van der Waals surface area contributed by atoms with Gasteiger partial charge in [-0.3, -0.25) is 14.4 Å². The van der Waals surface area contributed by atoms with Gasteiger partial charge < -0.3 is 43.1 Å². The number of amides is 3. The van der Waals surface area contributed by atoms with E-state index < -0.39 is 0 Å². The molecule has 0 fully saturated rings. The minimum absolute atomic E-state index is 0.210. The fourth-order valence-corrected chi connectivity index (χ4v) is 9.84. The maximum atomic E-state index is 13.0. The van der Waals surface area contributed by atoms with Crippen LogP contribution in [0.4, 0.5) is 0 Å². The van der Waals surface area contributed by atoms with Gasteiger partial charge in [0.15, 0.2) is 0 Å². The standard InChI is InChI=1S/C48H93N3O9S5/c1-6-11-20-49(19-9-4)46(52)16-38-63-44-34-59-29-27-57-31-41-62-37-15-24-51(22-13-8-3)48(54)18-40-65-45-35-60-30-28-58-32-42-61-36-14-23-50(21-12-7-2)47(53)17-39-64-43-33-56-26-25-55-10-5/h9H,4,6-8,10-45H2,1-3,5H3. The molecule has 0 saturated heterocycles. The summed E-state index contributed by atoms with van der Waals surface area (Å²) >= 11 is 9.08. The first-order chi connectivity index (χ1) is 31.9. The predicted molar refractivity (Wildman–Crippen MR) is 285 cm³/mol. The molecule has 0 unspecified atom stereocenters. The predicted octanol–water partition coefficient (Wildman–Crippen LogP) is 8.79. The van der Waals surface area contributed by atoms with E-state index in [0.717, 1.165) is 148 Å².